The van der Waals surface area contributed by atoms with Crippen molar-refractivity contribution in [3.8, 4) is 23.2 Å². The number of carbonyl (C=O) groups is 2. The van der Waals surface area contributed by atoms with Gasteiger partial charge in [0, 0.05) is 47.7 Å². The van der Waals surface area contributed by atoms with Crippen LogP contribution in [0.25, 0.3) is 32.1 Å². The predicted octanol–water partition coefficient (Wildman–Crippen LogP) is 9.11. The minimum absolute atomic E-state index is 0.0386. The van der Waals surface area contributed by atoms with Crippen molar-refractivity contribution in [2.45, 2.75) is 122 Å². The molecule has 4 atom stereocenters. The number of piperazine rings is 1. The molecule has 16 heteroatoms. The number of benzene rings is 2. The van der Waals surface area contributed by atoms with Gasteiger partial charge in [0.15, 0.2) is 5.82 Å². The number of amides is 2. The van der Waals surface area contributed by atoms with Crippen LogP contribution in [0.1, 0.15) is 91.7 Å². The Morgan fingerprint density at radius 2 is 1.81 bits per heavy atom. The Morgan fingerprint density at radius 3 is 2.53 bits per heavy atom. The van der Waals surface area contributed by atoms with Crippen LogP contribution in [0.15, 0.2) is 18.2 Å². The van der Waals surface area contributed by atoms with E-state index in [0.29, 0.717) is 42.9 Å². The van der Waals surface area contributed by atoms with Gasteiger partial charge in [-0.05, 0) is 91.8 Å². The molecule has 1 N–H and O–H groups in total. The summed E-state index contributed by atoms with van der Waals surface area (Å²) in [6.07, 6.45) is 0.902. The molecule has 3 saturated heterocycles. The highest BCUT2D eigenvalue weighted by molar-refractivity contribution is 7.23. The van der Waals surface area contributed by atoms with Gasteiger partial charge < -0.3 is 24.0 Å². The van der Waals surface area contributed by atoms with E-state index >= 15 is 8.78 Å². The number of carbonyl (C=O) groups excluding carboxylic acids is 2. The zero-order valence-corrected chi connectivity index (χ0v) is 35.3. The Labute approximate surface area is 345 Å². The zero-order valence-electron chi connectivity index (χ0n) is 34.5. The van der Waals surface area contributed by atoms with Crippen molar-refractivity contribution in [1.82, 2.24) is 19.8 Å². The van der Waals surface area contributed by atoms with E-state index in [-0.39, 0.29) is 81.2 Å². The minimum Gasteiger partial charge on any atom is -0.461 e. The number of hydrogen-bond acceptors (Lipinski definition) is 11. The topological polar surface area (TPSA) is 133 Å². The highest BCUT2D eigenvalue weighted by atomic mass is 32.1. The van der Waals surface area contributed by atoms with E-state index in [1.54, 1.807) is 43.9 Å². The molecule has 4 aliphatic heterocycles. The molecular weight excluding hydrogens is 784 g/mol. The maximum atomic E-state index is 17.6. The highest BCUT2D eigenvalue weighted by Gasteiger charge is 2.50. The van der Waals surface area contributed by atoms with E-state index in [9.17, 15) is 19.2 Å². The first-order valence-corrected chi connectivity index (χ1v) is 21.2. The number of nitrogens with one attached hydrogen (secondary N) is 1. The SMILES string of the molecule is CC[C@@H]1CN2c3nc(OC[C@@]45CCCN4C[C@H](F)C5)nc4c(F)c(-c5cccc6sc(NC(=O)OC(C)(C)C)c(C#N)c56)c(F)c(c34)CC[C@@H]2CN1C(=O)OC(C)(C)C. The zero-order chi connectivity index (χ0) is 42.2. The van der Waals surface area contributed by atoms with Crippen molar-refractivity contribution >= 4 is 55.3 Å². The average Bonchev–Trinajstić information content (AvgIpc) is 3.77. The normalized spacial score (nSPS) is 23.2. The Hall–Kier alpha value is -4.88. The molecule has 0 radical (unpaired) electrons. The van der Waals surface area contributed by atoms with E-state index in [4.69, 9.17) is 19.2 Å². The van der Waals surface area contributed by atoms with Gasteiger partial charge in [-0.1, -0.05) is 19.1 Å². The molecular formula is C43H50F3N7O5S. The van der Waals surface area contributed by atoms with Gasteiger partial charge >= 0.3 is 18.2 Å². The summed E-state index contributed by atoms with van der Waals surface area (Å²) in [5.41, 5.74) is -2.21. The summed E-state index contributed by atoms with van der Waals surface area (Å²) in [5, 5.41) is 13.8. The number of halogens is 3. The van der Waals surface area contributed by atoms with Gasteiger partial charge in [0.1, 0.15) is 52.2 Å². The number of alkyl halides is 1. The predicted molar refractivity (Wildman–Crippen MR) is 220 cm³/mol. The number of nitriles is 1. The van der Waals surface area contributed by atoms with Crippen molar-refractivity contribution < 1.29 is 37.0 Å². The second-order valence-electron chi connectivity index (χ2n) is 18.2. The first-order chi connectivity index (χ1) is 27.9. The molecule has 314 valence electrons. The van der Waals surface area contributed by atoms with E-state index in [1.165, 1.54) is 0 Å². The third kappa shape index (κ3) is 7.49. The van der Waals surface area contributed by atoms with Crippen molar-refractivity contribution in [3.63, 3.8) is 0 Å². The molecule has 4 aromatic rings. The summed E-state index contributed by atoms with van der Waals surface area (Å²) in [4.78, 5) is 41.8. The molecule has 0 spiro atoms. The number of anilines is 2. The molecule has 2 amide bonds. The lowest BCUT2D eigenvalue weighted by atomic mass is 9.92. The van der Waals surface area contributed by atoms with Gasteiger partial charge in [0.25, 0.3) is 0 Å². The molecule has 2 aromatic heterocycles. The number of hydrogen-bond donors (Lipinski definition) is 1. The largest absolute Gasteiger partial charge is 0.461 e. The van der Waals surface area contributed by atoms with Crippen LogP contribution >= 0.6 is 11.3 Å². The fraction of sp³-hybridized carbons (Fsp3) is 0.558. The van der Waals surface area contributed by atoms with Gasteiger partial charge in [-0.2, -0.15) is 15.2 Å². The van der Waals surface area contributed by atoms with E-state index in [0.717, 1.165) is 30.7 Å². The molecule has 6 heterocycles. The number of fused-ring (bicyclic) bond motifs is 4. The molecule has 59 heavy (non-hydrogen) atoms. The van der Waals surface area contributed by atoms with Crippen LogP contribution in [0.5, 0.6) is 6.01 Å². The summed E-state index contributed by atoms with van der Waals surface area (Å²) in [6, 6.07) is 6.32. The third-order valence-corrected chi connectivity index (χ3v) is 12.9. The second kappa shape index (κ2) is 15.0. The maximum Gasteiger partial charge on any atom is 0.412 e. The van der Waals surface area contributed by atoms with E-state index in [1.807, 2.05) is 32.6 Å². The van der Waals surface area contributed by atoms with Crippen LogP contribution in [0, 0.1) is 23.0 Å². The minimum atomic E-state index is -0.988. The van der Waals surface area contributed by atoms with Crippen LogP contribution in [-0.4, -0.2) is 99.7 Å². The van der Waals surface area contributed by atoms with Crippen LogP contribution in [-0.2, 0) is 15.9 Å². The van der Waals surface area contributed by atoms with Crippen molar-refractivity contribution in [3.05, 3.63) is 41.0 Å². The lowest BCUT2D eigenvalue weighted by Gasteiger charge is -2.46. The van der Waals surface area contributed by atoms with Gasteiger partial charge in [0.05, 0.1) is 28.1 Å². The Morgan fingerprint density at radius 1 is 1.05 bits per heavy atom. The van der Waals surface area contributed by atoms with Gasteiger partial charge in [-0.3, -0.25) is 10.2 Å². The van der Waals surface area contributed by atoms with Crippen LogP contribution in [0.4, 0.5) is 33.6 Å². The number of aromatic nitrogens is 2. The van der Waals surface area contributed by atoms with Crippen LogP contribution in [0.3, 0.4) is 0 Å². The summed E-state index contributed by atoms with van der Waals surface area (Å²) in [5.74, 6) is -1.46. The standard InChI is InChI=1S/C43H50F3N7O5S/c1-8-24-20-52-25(21-53(24)40(55)58-42(5,6)7)13-14-27-32-35(48-38(49-36(32)52)56-22-43-15-10-16-51(43)19-23(44)17-43)34(46)31(33(27)45)26-11-9-12-29-30(26)28(18-47)37(59-29)50-39(54)57-41(2,3)4/h9,11-12,23-25H,8,10,13-17,19-22H2,1-7H3,(H,50,54)/t23-,24-,25-,43+/m1/s1. The molecule has 12 nitrogen and oxygen atoms in total. The fourth-order valence-corrected chi connectivity index (χ4v) is 10.4. The number of nitrogens with zero attached hydrogens (tertiary/aromatic N) is 6. The van der Waals surface area contributed by atoms with Crippen molar-refractivity contribution in [1.29, 1.82) is 5.26 Å². The summed E-state index contributed by atoms with van der Waals surface area (Å²) in [7, 11) is 0. The molecule has 4 aliphatic rings. The molecule has 0 saturated carbocycles. The number of aryl methyl sites for hydroxylation is 1. The Bertz CT molecular complexity index is 2390. The Kier molecular flexibility index (Phi) is 10.4. The molecule has 2 aromatic carbocycles. The monoisotopic (exact) mass is 833 g/mol. The first kappa shape index (κ1) is 40.9. The first-order valence-electron chi connectivity index (χ1n) is 20.4. The number of rotatable bonds is 6. The summed E-state index contributed by atoms with van der Waals surface area (Å²) < 4.78 is 68.0. The van der Waals surface area contributed by atoms with Gasteiger partial charge in [0.2, 0.25) is 0 Å². The lowest BCUT2D eigenvalue weighted by molar-refractivity contribution is 0.00968. The molecule has 3 fully saturated rings. The molecule has 0 bridgehead atoms. The maximum absolute atomic E-state index is 17.6. The fourth-order valence-electron chi connectivity index (χ4n) is 9.34. The molecule has 8 rings (SSSR count). The Balaban J connectivity index is 1.28. The third-order valence-electron chi connectivity index (χ3n) is 11.8. The molecule has 0 unspecified atom stereocenters. The van der Waals surface area contributed by atoms with Gasteiger partial charge in [-0.15, -0.1) is 11.3 Å². The lowest BCUT2D eigenvalue weighted by Crippen LogP contribution is -2.60. The van der Waals surface area contributed by atoms with Crippen molar-refractivity contribution in [2.24, 2.45) is 0 Å². The average molecular weight is 834 g/mol. The van der Waals surface area contributed by atoms with E-state index < -0.39 is 46.7 Å². The quantitative estimate of drug-likeness (QED) is 0.201. The smallest absolute Gasteiger partial charge is 0.412 e. The van der Waals surface area contributed by atoms with E-state index in [2.05, 4.69) is 21.3 Å². The second-order valence-corrected chi connectivity index (χ2v) is 19.2. The summed E-state index contributed by atoms with van der Waals surface area (Å²) >= 11 is 1.10. The van der Waals surface area contributed by atoms with Gasteiger partial charge in [-0.25, -0.2) is 22.8 Å². The highest BCUT2D eigenvalue weighted by Crippen LogP contribution is 2.48. The van der Waals surface area contributed by atoms with Crippen LogP contribution < -0.4 is 15.0 Å². The molecule has 0 aliphatic carbocycles. The number of ether oxygens (including phenoxy) is 3. The van der Waals surface area contributed by atoms with Crippen LogP contribution in [0.2, 0.25) is 0 Å². The van der Waals surface area contributed by atoms with Crippen molar-refractivity contribution in [2.75, 3.05) is 43.0 Å². The summed E-state index contributed by atoms with van der Waals surface area (Å²) in [6.45, 7) is 14.3. The number of thiophene rings is 1.